The minimum atomic E-state index is 0.745. The molecular weight excluding hydrogens is 200 g/mol. The van der Waals surface area contributed by atoms with E-state index < -0.39 is 0 Å². The molecule has 0 saturated heterocycles. The Hall–Kier alpha value is -1.09. The number of aromatic nitrogens is 1. The van der Waals surface area contributed by atoms with Gasteiger partial charge in [-0.25, -0.2) is 0 Å². The lowest BCUT2D eigenvalue weighted by Gasteiger charge is -2.11. The third kappa shape index (κ3) is 4.62. The molecule has 16 heavy (non-hydrogen) atoms. The predicted octanol–water partition coefficient (Wildman–Crippen LogP) is 2.62. The highest BCUT2D eigenvalue weighted by atomic mass is 16.5. The third-order valence-electron chi connectivity index (χ3n) is 2.42. The summed E-state index contributed by atoms with van der Waals surface area (Å²) in [6.45, 7) is 6.07. The Bertz CT molecular complexity index is 300. The van der Waals surface area contributed by atoms with Gasteiger partial charge in [-0.2, -0.15) is 0 Å². The fourth-order valence-corrected chi connectivity index (χ4v) is 1.55. The number of pyridine rings is 1. The molecule has 0 spiro atoms. The molecule has 3 heteroatoms. The zero-order valence-electron chi connectivity index (χ0n) is 10.5. The Morgan fingerprint density at radius 1 is 1.44 bits per heavy atom. The van der Waals surface area contributed by atoms with Gasteiger partial charge < -0.3 is 10.1 Å². The number of ether oxygens (including phenoxy) is 1. The molecule has 0 fully saturated rings. The van der Waals surface area contributed by atoms with Crippen LogP contribution in [0.15, 0.2) is 18.5 Å². The van der Waals surface area contributed by atoms with Crippen LogP contribution in [0.4, 0.5) is 0 Å². The molecule has 3 nitrogen and oxygen atoms in total. The summed E-state index contributed by atoms with van der Waals surface area (Å²) in [5.74, 6) is 1.65. The quantitative estimate of drug-likeness (QED) is 0.720. The Morgan fingerprint density at radius 3 is 2.94 bits per heavy atom. The Balaban J connectivity index is 2.40. The number of hydrogen-bond acceptors (Lipinski definition) is 3. The monoisotopic (exact) mass is 222 g/mol. The van der Waals surface area contributed by atoms with Crippen molar-refractivity contribution in [2.45, 2.75) is 33.2 Å². The zero-order valence-corrected chi connectivity index (χ0v) is 10.5. The van der Waals surface area contributed by atoms with Crippen molar-refractivity contribution in [1.29, 1.82) is 0 Å². The Labute approximate surface area is 98.2 Å². The number of nitrogens with one attached hydrogen (secondary N) is 1. The van der Waals surface area contributed by atoms with Crippen molar-refractivity contribution >= 4 is 0 Å². The molecule has 1 heterocycles. The number of rotatable bonds is 7. The van der Waals surface area contributed by atoms with Crippen LogP contribution in [0.2, 0.25) is 0 Å². The standard InChI is InChI=1S/C13H22N2O/c1-11(2)5-4-8-16-13-10-15-7-6-12(13)9-14-3/h6-7,10-11,14H,4-5,8-9H2,1-3H3. The first-order chi connectivity index (χ1) is 7.74. The SMILES string of the molecule is CNCc1ccncc1OCCCC(C)C. The normalized spacial score (nSPS) is 10.8. The highest BCUT2D eigenvalue weighted by Crippen LogP contribution is 2.16. The van der Waals surface area contributed by atoms with Gasteiger partial charge in [0.2, 0.25) is 0 Å². The second-order valence-electron chi connectivity index (χ2n) is 4.40. The summed E-state index contributed by atoms with van der Waals surface area (Å²) in [5, 5.41) is 3.13. The van der Waals surface area contributed by atoms with Gasteiger partial charge in [0.25, 0.3) is 0 Å². The fourth-order valence-electron chi connectivity index (χ4n) is 1.55. The topological polar surface area (TPSA) is 34.2 Å². The molecule has 1 aromatic heterocycles. The van der Waals surface area contributed by atoms with Gasteiger partial charge in [0.05, 0.1) is 12.8 Å². The summed E-state index contributed by atoms with van der Waals surface area (Å²) in [6, 6.07) is 1.99. The second kappa shape index (κ2) is 7.23. The van der Waals surface area contributed by atoms with Crippen molar-refractivity contribution in [3.63, 3.8) is 0 Å². The van der Waals surface area contributed by atoms with E-state index in [0.29, 0.717) is 0 Å². The maximum Gasteiger partial charge on any atom is 0.142 e. The molecular formula is C13H22N2O. The Kier molecular flexibility index (Phi) is 5.86. The molecule has 0 bridgehead atoms. The van der Waals surface area contributed by atoms with Gasteiger partial charge in [-0.3, -0.25) is 4.98 Å². The van der Waals surface area contributed by atoms with E-state index in [1.165, 1.54) is 12.0 Å². The average Bonchev–Trinajstić information content (AvgIpc) is 2.26. The lowest BCUT2D eigenvalue weighted by molar-refractivity contribution is 0.293. The molecule has 1 N–H and O–H groups in total. The molecule has 0 amide bonds. The van der Waals surface area contributed by atoms with Gasteiger partial charge in [0, 0.05) is 18.3 Å². The molecule has 0 aliphatic carbocycles. The van der Waals surface area contributed by atoms with E-state index >= 15 is 0 Å². The van der Waals surface area contributed by atoms with Crippen molar-refractivity contribution in [3.05, 3.63) is 24.0 Å². The van der Waals surface area contributed by atoms with Gasteiger partial charge in [0.1, 0.15) is 5.75 Å². The van der Waals surface area contributed by atoms with Crippen LogP contribution < -0.4 is 10.1 Å². The zero-order chi connectivity index (χ0) is 11.8. The molecule has 0 aromatic carbocycles. The summed E-state index contributed by atoms with van der Waals surface area (Å²) >= 11 is 0. The fraction of sp³-hybridized carbons (Fsp3) is 0.615. The van der Waals surface area contributed by atoms with Gasteiger partial charge in [-0.15, -0.1) is 0 Å². The van der Waals surface area contributed by atoms with Gasteiger partial charge in [0.15, 0.2) is 0 Å². The van der Waals surface area contributed by atoms with Crippen LogP contribution in [0.25, 0.3) is 0 Å². The molecule has 1 rings (SSSR count). The van der Waals surface area contributed by atoms with Gasteiger partial charge in [-0.1, -0.05) is 13.8 Å². The average molecular weight is 222 g/mol. The van der Waals surface area contributed by atoms with Crippen molar-refractivity contribution in [3.8, 4) is 5.75 Å². The van der Waals surface area contributed by atoms with Crippen molar-refractivity contribution in [2.24, 2.45) is 5.92 Å². The van der Waals surface area contributed by atoms with Crippen LogP contribution in [-0.2, 0) is 6.54 Å². The minimum Gasteiger partial charge on any atom is -0.492 e. The maximum atomic E-state index is 5.74. The second-order valence-corrected chi connectivity index (χ2v) is 4.40. The lowest BCUT2D eigenvalue weighted by Crippen LogP contribution is -2.08. The summed E-state index contributed by atoms with van der Waals surface area (Å²) in [4.78, 5) is 4.09. The summed E-state index contributed by atoms with van der Waals surface area (Å²) in [7, 11) is 1.93. The summed E-state index contributed by atoms with van der Waals surface area (Å²) in [6.07, 6.45) is 5.91. The van der Waals surface area contributed by atoms with Crippen LogP contribution in [0.5, 0.6) is 5.75 Å². The van der Waals surface area contributed by atoms with Crippen LogP contribution >= 0.6 is 0 Å². The minimum absolute atomic E-state index is 0.745. The summed E-state index contributed by atoms with van der Waals surface area (Å²) in [5.41, 5.74) is 1.17. The third-order valence-corrected chi connectivity index (χ3v) is 2.42. The van der Waals surface area contributed by atoms with Crippen LogP contribution in [0.3, 0.4) is 0 Å². The molecule has 0 atom stereocenters. The van der Waals surface area contributed by atoms with E-state index in [1.807, 2.05) is 13.1 Å². The molecule has 0 unspecified atom stereocenters. The van der Waals surface area contributed by atoms with E-state index in [4.69, 9.17) is 4.74 Å². The highest BCUT2D eigenvalue weighted by Gasteiger charge is 2.02. The van der Waals surface area contributed by atoms with Crippen molar-refractivity contribution < 1.29 is 4.74 Å². The Morgan fingerprint density at radius 2 is 2.25 bits per heavy atom. The molecule has 1 aromatic rings. The molecule has 90 valence electrons. The highest BCUT2D eigenvalue weighted by molar-refractivity contribution is 5.29. The first-order valence-corrected chi connectivity index (χ1v) is 5.94. The number of hydrogen-bond donors (Lipinski definition) is 1. The lowest BCUT2D eigenvalue weighted by atomic mass is 10.1. The largest absolute Gasteiger partial charge is 0.492 e. The van der Waals surface area contributed by atoms with Crippen LogP contribution in [0.1, 0.15) is 32.3 Å². The van der Waals surface area contributed by atoms with E-state index in [1.54, 1.807) is 12.4 Å². The predicted molar refractivity (Wildman–Crippen MR) is 66.6 cm³/mol. The van der Waals surface area contributed by atoms with Crippen LogP contribution in [0, 0.1) is 5.92 Å². The first-order valence-electron chi connectivity index (χ1n) is 5.94. The van der Waals surface area contributed by atoms with Gasteiger partial charge >= 0.3 is 0 Å². The molecule has 0 radical (unpaired) electrons. The van der Waals surface area contributed by atoms with E-state index in [9.17, 15) is 0 Å². The first kappa shape index (κ1) is 13.0. The van der Waals surface area contributed by atoms with E-state index in [0.717, 1.165) is 31.2 Å². The maximum absolute atomic E-state index is 5.74. The van der Waals surface area contributed by atoms with Gasteiger partial charge in [-0.05, 0) is 31.9 Å². The van der Waals surface area contributed by atoms with E-state index in [-0.39, 0.29) is 0 Å². The smallest absolute Gasteiger partial charge is 0.142 e. The number of nitrogens with zero attached hydrogens (tertiary/aromatic N) is 1. The summed E-state index contributed by atoms with van der Waals surface area (Å²) < 4.78 is 5.74. The molecule has 0 saturated carbocycles. The van der Waals surface area contributed by atoms with Crippen molar-refractivity contribution in [1.82, 2.24) is 10.3 Å². The van der Waals surface area contributed by atoms with Crippen LogP contribution in [-0.4, -0.2) is 18.6 Å². The van der Waals surface area contributed by atoms with Crippen molar-refractivity contribution in [2.75, 3.05) is 13.7 Å². The van der Waals surface area contributed by atoms with E-state index in [2.05, 4.69) is 24.1 Å². The molecule has 0 aliphatic rings. The molecule has 0 aliphatic heterocycles.